The van der Waals surface area contributed by atoms with E-state index in [0.29, 0.717) is 55.5 Å². The van der Waals surface area contributed by atoms with Crippen molar-refractivity contribution in [3.05, 3.63) is 47.5 Å². The molecule has 0 spiro atoms. The lowest BCUT2D eigenvalue weighted by atomic mass is 9.95. The number of carbonyl (C=O) groups excluding carboxylic acids is 1. The molecule has 0 unspecified atom stereocenters. The van der Waals surface area contributed by atoms with Gasteiger partial charge in [0.2, 0.25) is 0 Å². The molecular weight excluding hydrogens is 513 g/mol. The van der Waals surface area contributed by atoms with E-state index in [1.165, 1.54) is 0 Å². The number of thiol groups is 1. The molecule has 1 amide bonds. The Kier molecular flexibility index (Phi) is 11.0. The summed E-state index contributed by atoms with van der Waals surface area (Å²) in [5, 5.41) is 5.28. The highest BCUT2D eigenvalue weighted by Crippen LogP contribution is 2.31. The lowest BCUT2D eigenvalue weighted by Crippen LogP contribution is -2.54. The van der Waals surface area contributed by atoms with E-state index in [1.807, 2.05) is 41.3 Å². The van der Waals surface area contributed by atoms with E-state index in [4.69, 9.17) is 5.73 Å². The molecule has 2 fully saturated rings. The molecule has 1 saturated carbocycles. The summed E-state index contributed by atoms with van der Waals surface area (Å²) in [6, 6.07) is 11.7. The molecule has 3 N–H and O–H groups in total. The number of sulfone groups is 1. The number of nitrogens with one attached hydrogen (secondary N) is 1. The minimum atomic E-state index is -3.07. The number of piperazine rings is 1. The van der Waals surface area contributed by atoms with Gasteiger partial charge in [0, 0.05) is 43.0 Å². The molecule has 2 aliphatic rings. The molecule has 34 heavy (non-hydrogen) atoms. The first-order chi connectivity index (χ1) is 15.4. The van der Waals surface area contributed by atoms with Crippen molar-refractivity contribution < 1.29 is 13.2 Å². The van der Waals surface area contributed by atoms with Crippen molar-refractivity contribution in [3.63, 3.8) is 0 Å². The SMILES string of the molecule is Cl.Cl.N[C@@H](CS)Cc1ccc(C(=O)N2CCNC[C@@H]2CCS(=O)(=O)CC2CC2)c2ccccc12. The van der Waals surface area contributed by atoms with Crippen LogP contribution in [0.2, 0.25) is 0 Å². The summed E-state index contributed by atoms with van der Waals surface area (Å²) >= 11 is 4.30. The summed E-state index contributed by atoms with van der Waals surface area (Å²) in [5.41, 5.74) is 7.90. The van der Waals surface area contributed by atoms with Gasteiger partial charge in [-0.15, -0.1) is 24.8 Å². The van der Waals surface area contributed by atoms with Crippen LogP contribution in [-0.4, -0.2) is 68.2 Å². The summed E-state index contributed by atoms with van der Waals surface area (Å²) in [7, 11) is -3.07. The standard InChI is InChI=1S/C24H33N3O3S2.2ClH/c25-19(15-31)13-18-7-8-23(22-4-2-1-3-21(18)22)24(28)27-11-10-26-14-20(27)9-12-32(29,30)16-17-5-6-17;;/h1-4,7-8,17,19-20,26,31H,5-6,9-16,25H2;2*1H/t19-,20+;;/m1../s1. The van der Waals surface area contributed by atoms with E-state index >= 15 is 0 Å². The van der Waals surface area contributed by atoms with Gasteiger partial charge in [-0.3, -0.25) is 4.79 Å². The van der Waals surface area contributed by atoms with Crippen LogP contribution in [0.5, 0.6) is 0 Å². The maximum absolute atomic E-state index is 13.6. The van der Waals surface area contributed by atoms with Crippen LogP contribution in [0.3, 0.4) is 0 Å². The summed E-state index contributed by atoms with van der Waals surface area (Å²) < 4.78 is 24.9. The maximum atomic E-state index is 13.6. The van der Waals surface area contributed by atoms with Crippen LogP contribution < -0.4 is 11.1 Å². The molecule has 1 aliphatic carbocycles. The molecule has 190 valence electrons. The van der Waals surface area contributed by atoms with Gasteiger partial charge in [0.1, 0.15) is 0 Å². The first-order valence-corrected chi connectivity index (χ1v) is 13.9. The molecule has 0 aromatic heterocycles. The highest BCUT2D eigenvalue weighted by molar-refractivity contribution is 7.91. The average Bonchev–Trinajstić information content (AvgIpc) is 3.61. The first kappa shape index (κ1) is 29.2. The second-order valence-electron chi connectivity index (χ2n) is 9.17. The lowest BCUT2D eigenvalue weighted by Gasteiger charge is -2.36. The molecule has 1 aliphatic heterocycles. The van der Waals surface area contributed by atoms with E-state index in [2.05, 4.69) is 17.9 Å². The van der Waals surface area contributed by atoms with E-state index in [0.717, 1.165) is 29.2 Å². The molecule has 4 rings (SSSR count). The molecule has 6 nitrogen and oxygen atoms in total. The molecule has 0 radical (unpaired) electrons. The number of halogens is 2. The highest BCUT2D eigenvalue weighted by atomic mass is 35.5. The zero-order valence-corrected chi connectivity index (χ0v) is 22.5. The predicted molar refractivity (Wildman–Crippen MR) is 148 cm³/mol. The van der Waals surface area contributed by atoms with Crippen LogP contribution in [0.1, 0.15) is 35.2 Å². The molecule has 0 bridgehead atoms. The van der Waals surface area contributed by atoms with Crippen LogP contribution in [0, 0.1) is 5.92 Å². The summed E-state index contributed by atoms with van der Waals surface area (Å²) in [4.78, 5) is 15.5. The average molecular weight is 549 g/mol. The van der Waals surface area contributed by atoms with Gasteiger partial charge < -0.3 is 16.0 Å². The first-order valence-electron chi connectivity index (χ1n) is 11.5. The van der Waals surface area contributed by atoms with Crippen molar-refractivity contribution in [1.29, 1.82) is 0 Å². The van der Waals surface area contributed by atoms with Gasteiger partial charge in [0.05, 0.1) is 11.5 Å². The normalized spacial score (nSPS) is 19.2. The fourth-order valence-electron chi connectivity index (χ4n) is 4.56. The quantitative estimate of drug-likeness (QED) is 0.419. The minimum Gasteiger partial charge on any atom is -0.333 e. The van der Waals surface area contributed by atoms with Crippen molar-refractivity contribution in [3.8, 4) is 0 Å². The second-order valence-corrected chi connectivity index (χ2v) is 11.8. The van der Waals surface area contributed by atoms with Gasteiger partial charge in [-0.1, -0.05) is 30.3 Å². The van der Waals surface area contributed by atoms with Crippen molar-refractivity contribution in [1.82, 2.24) is 10.2 Å². The Bertz CT molecular complexity index is 1080. The number of amides is 1. The number of nitrogens with two attached hydrogens (primary N) is 1. The van der Waals surface area contributed by atoms with Gasteiger partial charge in [0.15, 0.2) is 9.84 Å². The third-order valence-electron chi connectivity index (χ3n) is 6.52. The van der Waals surface area contributed by atoms with E-state index in [1.54, 1.807) is 0 Å². The molecule has 2 atom stereocenters. The van der Waals surface area contributed by atoms with Crippen molar-refractivity contribution in [2.75, 3.05) is 36.9 Å². The number of benzene rings is 2. The molecule has 2 aromatic carbocycles. The Labute approximate surface area is 220 Å². The smallest absolute Gasteiger partial charge is 0.254 e. The topological polar surface area (TPSA) is 92.5 Å². The fraction of sp³-hybridized carbons (Fsp3) is 0.542. The number of fused-ring (bicyclic) bond motifs is 1. The van der Waals surface area contributed by atoms with Gasteiger partial charge in [-0.05, 0) is 54.0 Å². The van der Waals surface area contributed by atoms with Crippen molar-refractivity contribution in [2.24, 2.45) is 11.7 Å². The van der Waals surface area contributed by atoms with Crippen LogP contribution in [0.15, 0.2) is 36.4 Å². The summed E-state index contributed by atoms with van der Waals surface area (Å²) in [6.45, 7) is 1.91. The third kappa shape index (κ3) is 7.24. The number of hydrogen-bond acceptors (Lipinski definition) is 6. The Morgan fingerprint density at radius 1 is 1.15 bits per heavy atom. The molecule has 10 heteroatoms. The maximum Gasteiger partial charge on any atom is 0.254 e. The number of nitrogens with zero attached hydrogens (tertiary/aromatic N) is 1. The molecule has 2 aromatic rings. The molecule has 1 heterocycles. The summed E-state index contributed by atoms with van der Waals surface area (Å²) in [6.07, 6.45) is 3.22. The van der Waals surface area contributed by atoms with Gasteiger partial charge in [0.25, 0.3) is 5.91 Å². The van der Waals surface area contributed by atoms with E-state index in [-0.39, 0.29) is 48.6 Å². The van der Waals surface area contributed by atoms with Crippen molar-refractivity contribution in [2.45, 2.75) is 37.8 Å². The van der Waals surface area contributed by atoms with Crippen LogP contribution in [-0.2, 0) is 16.3 Å². The minimum absolute atomic E-state index is 0. The Hall–Kier alpha value is -1.03. The Morgan fingerprint density at radius 3 is 2.53 bits per heavy atom. The van der Waals surface area contributed by atoms with Gasteiger partial charge in [-0.25, -0.2) is 8.42 Å². The van der Waals surface area contributed by atoms with Gasteiger partial charge in [-0.2, -0.15) is 12.6 Å². The zero-order chi connectivity index (χ0) is 22.7. The summed E-state index contributed by atoms with van der Waals surface area (Å²) in [5.74, 6) is 1.35. The molecular formula is C24H35Cl2N3O3S2. The second kappa shape index (κ2) is 12.8. The van der Waals surface area contributed by atoms with Crippen LogP contribution in [0.25, 0.3) is 10.8 Å². The molecule has 1 saturated heterocycles. The Balaban J connectivity index is 0.00000204. The third-order valence-corrected chi connectivity index (χ3v) is 8.83. The Morgan fingerprint density at radius 2 is 1.85 bits per heavy atom. The van der Waals surface area contributed by atoms with Gasteiger partial charge >= 0.3 is 0 Å². The highest BCUT2D eigenvalue weighted by Gasteiger charge is 2.32. The lowest BCUT2D eigenvalue weighted by molar-refractivity contribution is 0.0634. The largest absolute Gasteiger partial charge is 0.333 e. The van der Waals surface area contributed by atoms with Crippen LogP contribution in [0.4, 0.5) is 0 Å². The van der Waals surface area contributed by atoms with Crippen molar-refractivity contribution >= 4 is 64.0 Å². The van der Waals surface area contributed by atoms with E-state index in [9.17, 15) is 13.2 Å². The monoisotopic (exact) mass is 547 g/mol. The fourth-order valence-corrected chi connectivity index (χ4v) is 6.54. The number of carbonyl (C=O) groups is 1. The number of hydrogen-bond donors (Lipinski definition) is 3. The predicted octanol–water partition coefficient (Wildman–Crippen LogP) is 3.11. The number of rotatable bonds is 9. The van der Waals surface area contributed by atoms with E-state index < -0.39 is 9.84 Å². The zero-order valence-electron chi connectivity index (χ0n) is 19.2. The van der Waals surface area contributed by atoms with Crippen LogP contribution >= 0.6 is 37.4 Å².